The highest BCUT2D eigenvalue weighted by atomic mass is 32.1. The number of nitrogens with zero attached hydrogens (tertiary/aromatic N) is 1. The van der Waals surface area contributed by atoms with E-state index >= 15 is 0 Å². The van der Waals surface area contributed by atoms with Crippen LogP contribution in [0.15, 0.2) is 6.07 Å². The van der Waals surface area contributed by atoms with Gasteiger partial charge < -0.3 is 5.32 Å². The van der Waals surface area contributed by atoms with Crippen molar-refractivity contribution in [2.75, 3.05) is 13.1 Å². The number of hydrogen-bond donors (Lipinski definition) is 1. The second-order valence-electron chi connectivity index (χ2n) is 6.20. The van der Waals surface area contributed by atoms with Crippen LogP contribution in [0.5, 0.6) is 0 Å². The minimum atomic E-state index is 0.548. The molecule has 3 atom stereocenters. The van der Waals surface area contributed by atoms with E-state index in [1.165, 1.54) is 35.6 Å². The summed E-state index contributed by atoms with van der Waals surface area (Å²) in [4.78, 5) is 5.68. The number of thiophene rings is 1. The largest absolute Gasteiger partial charge is 0.311 e. The SMILES string of the molecule is CCCC1CN(C(C)c2cc(C)sc2C)C(CC)CN1. The Hall–Kier alpha value is -0.380. The van der Waals surface area contributed by atoms with Crippen molar-refractivity contribution >= 4 is 11.3 Å². The quantitative estimate of drug-likeness (QED) is 0.872. The Labute approximate surface area is 128 Å². The van der Waals surface area contributed by atoms with Gasteiger partial charge in [-0.1, -0.05) is 20.3 Å². The fourth-order valence-corrected chi connectivity index (χ4v) is 4.54. The molecule has 3 unspecified atom stereocenters. The monoisotopic (exact) mass is 294 g/mol. The lowest BCUT2D eigenvalue weighted by molar-refractivity contribution is 0.0835. The first kappa shape index (κ1) is 16.0. The number of piperazine rings is 1. The van der Waals surface area contributed by atoms with Crippen LogP contribution in [-0.2, 0) is 0 Å². The maximum absolute atomic E-state index is 3.74. The van der Waals surface area contributed by atoms with Gasteiger partial charge in [0, 0.05) is 41.0 Å². The summed E-state index contributed by atoms with van der Waals surface area (Å²) in [7, 11) is 0. The lowest BCUT2D eigenvalue weighted by Gasteiger charge is -2.43. The van der Waals surface area contributed by atoms with Crippen molar-refractivity contribution in [1.82, 2.24) is 10.2 Å². The molecule has 1 aromatic heterocycles. The van der Waals surface area contributed by atoms with Gasteiger partial charge in [0.15, 0.2) is 0 Å². The van der Waals surface area contributed by atoms with E-state index in [0.717, 1.165) is 6.54 Å². The highest BCUT2D eigenvalue weighted by Crippen LogP contribution is 2.32. The smallest absolute Gasteiger partial charge is 0.0335 e. The molecule has 0 aromatic carbocycles. The van der Waals surface area contributed by atoms with Crippen LogP contribution in [0.1, 0.15) is 61.4 Å². The van der Waals surface area contributed by atoms with E-state index in [0.29, 0.717) is 18.1 Å². The molecule has 20 heavy (non-hydrogen) atoms. The third kappa shape index (κ3) is 3.44. The molecule has 2 rings (SSSR count). The van der Waals surface area contributed by atoms with Gasteiger partial charge in [-0.2, -0.15) is 0 Å². The van der Waals surface area contributed by atoms with Crippen LogP contribution in [-0.4, -0.2) is 30.1 Å². The van der Waals surface area contributed by atoms with Gasteiger partial charge in [-0.25, -0.2) is 0 Å². The van der Waals surface area contributed by atoms with Crippen molar-refractivity contribution in [1.29, 1.82) is 0 Å². The first-order chi connectivity index (χ1) is 9.56. The molecule has 1 saturated heterocycles. The summed E-state index contributed by atoms with van der Waals surface area (Å²) in [6.45, 7) is 13.8. The minimum absolute atomic E-state index is 0.548. The summed E-state index contributed by atoms with van der Waals surface area (Å²) < 4.78 is 0. The van der Waals surface area contributed by atoms with Crippen molar-refractivity contribution in [3.05, 3.63) is 21.4 Å². The normalized spacial score (nSPS) is 25.9. The van der Waals surface area contributed by atoms with Gasteiger partial charge >= 0.3 is 0 Å². The second kappa shape index (κ2) is 7.06. The lowest BCUT2D eigenvalue weighted by atomic mass is 9.98. The zero-order valence-electron chi connectivity index (χ0n) is 13.7. The van der Waals surface area contributed by atoms with Gasteiger partial charge in [-0.15, -0.1) is 11.3 Å². The molecule has 2 heterocycles. The molecule has 2 nitrogen and oxygen atoms in total. The van der Waals surface area contributed by atoms with Crippen LogP contribution in [0.3, 0.4) is 0 Å². The van der Waals surface area contributed by atoms with Crippen molar-refractivity contribution in [2.24, 2.45) is 0 Å². The summed E-state index contributed by atoms with van der Waals surface area (Å²) >= 11 is 1.94. The van der Waals surface area contributed by atoms with E-state index in [1.807, 2.05) is 11.3 Å². The van der Waals surface area contributed by atoms with Gasteiger partial charge in [0.05, 0.1) is 0 Å². The number of aryl methyl sites for hydroxylation is 2. The number of rotatable bonds is 5. The Bertz CT molecular complexity index is 427. The van der Waals surface area contributed by atoms with Crippen molar-refractivity contribution in [3.63, 3.8) is 0 Å². The molecule has 1 fully saturated rings. The highest BCUT2D eigenvalue weighted by Gasteiger charge is 2.31. The van der Waals surface area contributed by atoms with Gasteiger partial charge in [0.2, 0.25) is 0 Å². The number of nitrogens with one attached hydrogen (secondary N) is 1. The van der Waals surface area contributed by atoms with Crippen LogP contribution >= 0.6 is 11.3 Å². The van der Waals surface area contributed by atoms with Crippen LogP contribution in [0, 0.1) is 13.8 Å². The Balaban J connectivity index is 2.15. The molecule has 0 amide bonds. The Morgan fingerprint density at radius 3 is 2.70 bits per heavy atom. The van der Waals surface area contributed by atoms with Gasteiger partial charge in [-0.3, -0.25) is 4.90 Å². The minimum Gasteiger partial charge on any atom is -0.311 e. The standard InChI is InChI=1S/C17H30N2S/c1-6-8-15-11-19(16(7-2)10-18-15)13(4)17-9-12(3)20-14(17)5/h9,13,15-16,18H,6-8,10-11H2,1-5H3. The summed E-state index contributed by atoms with van der Waals surface area (Å²) in [5, 5.41) is 3.74. The van der Waals surface area contributed by atoms with Crippen molar-refractivity contribution in [3.8, 4) is 0 Å². The molecule has 0 saturated carbocycles. The molecular formula is C17H30N2S. The number of hydrogen-bond acceptors (Lipinski definition) is 3. The Morgan fingerprint density at radius 2 is 2.15 bits per heavy atom. The third-order valence-corrected chi connectivity index (χ3v) is 5.66. The Kier molecular flexibility index (Phi) is 5.65. The predicted molar refractivity (Wildman–Crippen MR) is 89.7 cm³/mol. The zero-order valence-corrected chi connectivity index (χ0v) is 14.5. The van der Waals surface area contributed by atoms with E-state index in [9.17, 15) is 0 Å². The highest BCUT2D eigenvalue weighted by molar-refractivity contribution is 7.12. The maximum atomic E-state index is 3.74. The van der Waals surface area contributed by atoms with Gasteiger partial charge in [-0.05, 0) is 45.2 Å². The summed E-state index contributed by atoms with van der Waals surface area (Å²) in [5.41, 5.74) is 1.54. The van der Waals surface area contributed by atoms with Crippen LogP contribution in [0.4, 0.5) is 0 Å². The first-order valence-corrected chi connectivity index (χ1v) is 8.94. The van der Waals surface area contributed by atoms with Crippen LogP contribution < -0.4 is 5.32 Å². The van der Waals surface area contributed by atoms with E-state index < -0.39 is 0 Å². The van der Waals surface area contributed by atoms with Crippen LogP contribution in [0.2, 0.25) is 0 Å². The molecule has 0 bridgehead atoms. The fourth-order valence-electron chi connectivity index (χ4n) is 3.53. The fraction of sp³-hybridized carbons (Fsp3) is 0.765. The maximum Gasteiger partial charge on any atom is 0.0335 e. The van der Waals surface area contributed by atoms with Crippen molar-refractivity contribution in [2.45, 2.75) is 72.0 Å². The molecule has 1 aliphatic rings. The Morgan fingerprint density at radius 1 is 1.40 bits per heavy atom. The summed E-state index contributed by atoms with van der Waals surface area (Å²) in [6, 6.07) is 4.29. The van der Waals surface area contributed by atoms with E-state index in [2.05, 4.69) is 50.9 Å². The molecule has 0 spiro atoms. The summed E-state index contributed by atoms with van der Waals surface area (Å²) in [5.74, 6) is 0. The van der Waals surface area contributed by atoms with Gasteiger partial charge in [0.1, 0.15) is 0 Å². The van der Waals surface area contributed by atoms with Gasteiger partial charge in [0.25, 0.3) is 0 Å². The van der Waals surface area contributed by atoms with E-state index in [4.69, 9.17) is 0 Å². The first-order valence-electron chi connectivity index (χ1n) is 8.12. The van der Waals surface area contributed by atoms with Crippen LogP contribution in [0.25, 0.3) is 0 Å². The molecule has 1 aliphatic heterocycles. The lowest BCUT2D eigenvalue weighted by Crippen LogP contribution is -2.56. The molecular weight excluding hydrogens is 264 g/mol. The average molecular weight is 295 g/mol. The molecule has 1 aromatic rings. The molecule has 3 heteroatoms. The second-order valence-corrected chi connectivity index (χ2v) is 7.66. The average Bonchev–Trinajstić information content (AvgIpc) is 2.77. The molecule has 114 valence electrons. The zero-order chi connectivity index (χ0) is 14.7. The predicted octanol–water partition coefficient (Wildman–Crippen LogP) is 4.28. The topological polar surface area (TPSA) is 15.3 Å². The van der Waals surface area contributed by atoms with E-state index in [1.54, 1.807) is 5.56 Å². The van der Waals surface area contributed by atoms with E-state index in [-0.39, 0.29) is 0 Å². The third-order valence-electron chi connectivity index (χ3n) is 4.68. The molecule has 0 aliphatic carbocycles. The molecule has 0 radical (unpaired) electrons. The van der Waals surface area contributed by atoms with Crippen molar-refractivity contribution < 1.29 is 0 Å². The molecule has 1 N–H and O–H groups in total. The summed E-state index contributed by atoms with van der Waals surface area (Å²) in [6.07, 6.45) is 3.80.